The highest BCUT2D eigenvalue weighted by atomic mass is 32.2. The van der Waals surface area contributed by atoms with Crippen molar-refractivity contribution in [2.75, 3.05) is 6.54 Å². The van der Waals surface area contributed by atoms with E-state index < -0.39 is 10.0 Å². The maximum Gasteiger partial charge on any atom is 0.244 e. The Bertz CT molecular complexity index is 785. The molecule has 1 aromatic heterocycles. The summed E-state index contributed by atoms with van der Waals surface area (Å²) in [5.74, 6) is -0.199. The molecule has 0 saturated heterocycles. The van der Waals surface area contributed by atoms with E-state index >= 15 is 0 Å². The molecule has 2 aromatic rings. The Hall–Kier alpha value is -2.51. The van der Waals surface area contributed by atoms with Crippen LogP contribution >= 0.6 is 0 Å². The number of sulfonamides is 1. The number of pyridine rings is 1. The van der Waals surface area contributed by atoms with Crippen LogP contribution in [-0.4, -0.2) is 25.9 Å². The molecule has 1 heterocycles. The molecule has 0 spiro atoms. The zero-order valence-corrected chi connectivity index (χ0v) is 13.2. The summed E-state index contributed by atoms with van der Waals surface area (Å²) in [5, 5.41) is 7.79. The average molecular weight is 331 g/mol. The average Bonchev–Trinajstić information content (AvgIpc) is 2.53. The van der Waals surface area contributed by atoms with Crippen molar-refractivity contribution in [3.63, 3.8) is 0 Å². The van der Waals surface area contributed by atoms with Crippen LogP contribution in [0.3, 0.4) is 0 Å². The van der Waals surface area contributed by atoms with Crippen LogP contribution in [0.25, 0.3) is 6.08 Å². The second kappa shape index (κ2) is 7.66. The van der Waals surface area contributed by atoms with E-state index in [1.165, 1.54) is 18.2 Å². The van der Waals surface area contributed by atoms with E-state index in [0.717, 1.165) is 11.1 Å². The van der Waals surface area contributed by atoms with Gasteiger partial charge in [-0.1, -0.05) is 18.2 Å². The van der Waals surface area contributed by atoms with Crippen LogP contribution in [0.4, 0.5) is 0 Å². The lowest BCUT2D eigenvalue weighted by atomic mass is 10.1. The minimum absolute atomic E-state index is 0.0738. The minimum atomic E-state index is -3.67. The van der Waals surface area contributed by atoms with Gasteiger partial charge in [-0.15, -0.1) is 0 Å². The SMILES string of the molecule is NS(=O)(=O)c1ccc(CCNC(=O)C=Cc2cccnc2)cc1. The van der Waals surface area contributed by atoms with Crippen molar-refractivity contribution < 1.29 is 13.2 Å². The van der Waals surface area contributed by atoms with Crippen LogP contribution in [0.1, 0.15) is 11.1 Å². The van der Waals surface area contributed by atoms with Crippen molar-refractivity contribution in [1.82, 2.24) is 10.3 Å². The van der Waals surface area contributed by atoms with Crippen molar-refractivity contribution in [2.24, 2.45) is 5.14 Å². The molecule has 0 aliphatic carbocycles. The molecule has 3 N–H and O–H groups in total. The van der Waals surface area contributed by atoms with Crippen molar-refractivity contribution in [3.8, 4) is 0 Å². The third kappa shape index (κ3) is 5.65. The highest BCUT2D eigenvalue weighted by Gasteiger charge is 2.06. The first-order valence-corrected chi connectivity index (χ1v) is 8.47. The molecule has 0 saturated carbocycles. The first-order chi connectivity index (χ1) is 10.9. The van der Waals surface area contributed by atoms with Gasteiger partial charge in [-0.2, -0.15) is 0 Å². The predicted octanol–water partition coefficient (Wildman–Crippen LogP) is 1.10. The third-order valence-electron chi connectivity index (χ3n) is 3.08. The second-order valence-corrected chi connectivity index (χ2v) is 6.41. The van der Waals surface area contributed by atoms with Crippen molar-refractivity contribution in [1.29, 1.82) is 0 Å². The second-order valence-electron chi connectivity index (χ2n) is 4.85. The molecule has 1 aromatic carbocycles. The van der Waals surface area contributed by atoms with E-state index in [1.807, 2.05) is 6.07 Å². The number of nitrogens with one attached hydrogen (secondary N) is 1. The molecule has 0 radical (unpaired) electrons. The number of carbonyl (C=O) groups excluding carboxylic acids is 1. The quantitative estimate of drug-likeness (QED) is 0.774. The van der Waals surface area contributed by atoms with E-state index in [-0.39, 0.29) is 10.8 Å². The smallest absolute Gasteiger partial charge is 0.244 e. The third-order valence-corrected chi connectivity index (χ3v) is 4.01. The lowest BCUT2D eigenvalue weighted by Gasteiger charge is -2.04. The zero-order chi connectivity index (χ0) is 16.7. The largest absolute Gasteiger partial charge is 0.352 e. The Balaban J connectivity index is 1.80. The number of hydrogen-bond donors (Lipinski definition) is 2. The molecule has 0 fully saturated rings. The van der Waals surface area contributed by atoms with Gasteiger partial charge in [0.25, 0.3) is 0 Å². The molecule has 120 valence electrons. The molecule has 0 atom stereocenters. The lowest BCUT2D eigenvalue weighted by Crippen LogP contribution is -2.23. The summed E-state index contributed by atoms with van der Waals surface area (Å²) in [5.41, 5.74) is 1.76. The van der Waals surface area contributed by atoms with Gasteiger partial charge in [-0.25, -0.2) is 13.6 Å². The van der Waals surface area contributed by atoms with Crippen LogP contribution in [0.2, 0.25) is 0 Å². The summed E-state index contributed by atoms with van der Waals surface area (Å²) in [4.78, 5) is 15.7. The van der Waals surface area contributed by atoms with Gasteiger partial charge in [0.15, 0.2) is 0 Å². The summed E-state index contributed by atoms with van der Waals surface area (Å²) in [6.45, 7) is 0.449. The highest BCUT2D eigenvalue weighted by molar-refractivity contribution is 7.89. The monoisotopic (exact) mass is 331 g/mol. The number of hydrogen-bond acceptors (Lipinski definition) is 4. The van der Waals surface area contributed by atoms with Gasteiger partial charge < -0.3 is 5.32 Å². The van der Waals surface area contributed by atoms with Crippen molar-refractivity contribution in [2.45, 2.75) is 11.3 Å². The Morgan fingerprint density at radius 3 is 2.57 bits per heavy atom. The fraction of sp³-hybridized carbons (Fsp3) is 0.125. The molecule has 0 aliphatic heterocycles. The number of rotatable bonds is 6. The summed E-state index contributed by atoms with van der Waals surface area (Å²) in [7, 11) is -3.67. The fourth-order valence-corrected chi connectivity index (χ4v) is 2.40. The van der Waals surface area contributed by atoms with Gasteiger partial charge in [-0.3, -0.25) is 9.78 Å². The lowest BCUT2D eigenvalue weighted by molar-refractivity contribution is -0.116. The first kappa shape index (κ1) is 16.9. The van der Waals surface area contributed by atoms with E-state index in [2.05, 4.69) is 10.3 Å². The standard InChI is InChI=1S/C16H17N3O3S/c17-23(21,22)15-6-3-13(4-7-15)9-11-19-16(20)8-5-14-2-1-10-18-12-14/h1-8,10,12H,9,11H2,(H,19,20)(H2,17,21,22). The van der Waals surface area contributed by atoms with Gasteiger partial charge in [-0.05, 0) is 41.8 Å². The van der Waals surface area contributed by atoms with Crippen LogP contribution in [0, 0.1) is 0 Å². The maximum atomic E-state index is 11.7. The molecule has 2 rings (SSSR count). The van der Waals surface area contributed by atoms with E-state index in [4.69, 9.17) is 5.14 Å². The molecule has 6 nitrogen and oxygen atoms in total. The van der Waals surface area contributed by atoms with Crippen LogP contribution in [0.15, 0.2) is 59.8 Å². The Labute approximate surface area is 135 Å². The van der Waals surface area contributed by atoms with Crippen LogP contribution in [-0.2, 0) is 21.2 Å². The molecule has 0 aliphatic rings. The van der Waals surface area contributed by atoms with Crippen molar-refractivity contribution >= 4 is 22.0 Å². The maximum absolute atomic E-state index is 11.7. The highest BCUT2D eigenvalue weighted by Crippen LogP contribution is 2.08. The van der Waals surface area contributed by atoms with Gasteiger partial charge in [0.1, 0.15) is 0 Å². The van der Waals surface area contributed by atoms with E-state index in [9.17, 15) is 13.2 Å². The van der Waals surface area contributed by atoms with Crippen LogP contribution < -0.4 is 10.5 Å². The van der Waals surface area contributed by atoms with Gasteiger partial charge in [0.05, 0.1) is 4.90 Å². The molecule has 1 amide bonds. The number of primary sulfonamides is 1. The normalized spacial score (nSPS) is 11.5. The Kier molecular flexibility index (Phi) is 5.61. The predicted molar refractivity (Wildman–Crippen MR) is 87.8 cm³/mol. The molecule has 0 unspecified atom stereocenters. The summed E-state index contributed by atoms with van der Waals surface area (Å²) >= 11 is 0. The fourth-order valence-electron chi connectivity index (χ4n) is 1.88. The number of nitrogens with zero attached hydrogens (tertiary/aromatic N) is 1. The van der Waals surface area contributed by atoms with Gasteiger partial charge in [0, 0.05) is 25.0 Å². The zero-order valence-electron chi connectivity index (χ0n) is 12.3. The summed E-state index contributed by atoms with van der Waals surface area (Å²) in [6.07, 6.45) is 7.05. The molecule has 0 bridgehead atoms. The number of benzene rings is 1. The summed E-state index contributed by atoms with van der Waals surface area (Å²) in [6, 6.07) is 9.91. The first-order valence-electron chi connectivity index (χ1n) is 6.93. The van der Waals surface area contributed by atoms with E-state index in [0.29, 0.717) is 13.0 Å². The minimum Gasteiger partial charge on any atom is -0.352 e. The van der Waals surface area contributed by atoms with E-state index in [1.54, 1.807) is 36.7 Å². The Morgan fingerprint density at radius 2 is 1.96 bits per heavy atom. The van der Waals surface area contributed by atoms with Crippen LogP contribution in [0.5, 0.6) is 0 Å². The molecular formula is C16H17N3O3S. The van der Waals surface area contributed by atoms with Crippen molar-refractivity contribution in [3.05, 3.63) is 66.0 Å². The number of aromatic nitrogens is 1. The number of amides is 1. The topological polar surface area (TPSA) is 102 Å². The molecular weight excluding hydrogens is 314 g/mol. The molecule has 7 heteroatoms. The van der Waals surface area contributed by atoms with Gasteiger partial charge >= 0.3 is 0 Å². The number of nitrogens with two attached hydrogens (primary N) is 1. The Morgan fingerprint density at radius 1 is 1.22 bits per heavy atom. The van der Waals surface area contributed by atoms with Gasteiger partial charge in [0.2, 0.25) is 15.9 Å². The number of carbonyl (C=O) groups is 1. The molecule has 23 heavy (non-hydrogen) atoms. The summed E-state index contributed by atoms with van der Waals surface area (Å²) < 4.78 is 22.3.